The van der Waals surface area contributed by atoms with Gasteiger partial charge in [-0.1, -0.05) is 6.92 Å². The van der Waals surface area contributed by atoms with Crippen LogP contribution in [0.25, 0.3) is 0 Å². The molecule has 0 aromatic carbocycles. The van der Waals surface area contributed by atoms with Crippen molar-refractivity contribution in [2.45, 2.75) is 32.6 Å². The lowest BCUT2D eigenvalue weighted by Gasteiger charge is -2.13. The van der Waals surface area contributed by atoms with E-state index in [1.54, 1.807) is 0 Å². The molecule has 1 amide bonds. The predicted molar refractivity (Wildman–Crippen MR) is 53.5 cm³/mol. The van der Waals surface area contributed by atoms with Crippen molar-refractivity contribution in [3.05, 3.63) is 0 Å². The molecule has 13 heavy (non-hydrogen) atoms. The summed E-state index contributed by atoms with van der Waals surface area (Å²) in [5, 5.41) is 6.33. The van der Waals surface area contributed by atoms with Gasteiger partial charge < -0.3 is 10.6 Å². The standard InChI is InChI=1S/C10H20N2O/c1-2-10(13)12-8-9-4-3-6-11-7-5-9/h9,11H,2-8H2,1H3,(H,12,13). The molecule has 3 nitrogen and oxygen atoms in total. The lowest BCUT2D eigenvalue weighted by Crippen LogP contribution is -2.29. The molecule has 0 aromatic heterocycles. The molecule has 0 aliphatic carbocycles. The Labute approximate surface area is 80.3 Å². The Kier molecular flexibility index (Phi) is 4.83. The quantitative estimate of drug-likeness (QED) is 0.684. The molecule has 1 rings (SSSR count). The summed E-state index contributed by atoms with van der Waals surface area (Å²) in [4.78, 5) is 11.0. The van der Waals surface area contributed by atoms with Crippen molar-refractivity contribution in [2.75, 3.05) is 19.6 Å². The first-order valence-electron chi connectivity index (χ1n) is 5.30. The Morgan fingerprint density at radius 1 is 1.46 bits per heavy atom. The van der Waals surface area contributed by atoms with E-state index >= 15 is 0 Å². The van der Waals surface area contributed by atoms with E-state index in [-0.39, 0.29) is 5.91 Å². The van der Waals surface area contributed by atoms with Gasteiger partial charge in [-0.3, -0.25) is 4.79 Å². The zero-order valence-corrected chi connectivity index (χ0v) is 8.44. The third-order valence-electron chi connectivity index (χ3n) is 2.60. The van der Waals surface area contributed by atoms with Crippen LogP contribution < -0.4 is 10.6 Å². The highest BCUT2D eigenvalue weighted by Gasteiger charge is 2.11. The summed E-state index contributed by atoms with van der Waals surface area (Å²) in [5.41, 5.74) is 0. The Morgan fingerprint density at radius 3 is 3.08 bits per heavy atom. The summed E-state index contributed by atoms with van der Waals surface area (Å²) in [6, 6.07) is 0. The molecule has 1 atom stereocenters. The smallest absolute Gasteiger partial charge is 0.219 e. The topological polar surface area (TPSA) is 41.1 Å². The molecule has 76 valence electrons. The van der Waals surface area contributed by atoms with Gasteiger partial charge in [0.1, 0.15) is 0 Å². The van der Waals surface area contributed by atoms with E-state index < -0.39 is 0 Å². The van der Waals surface area contributed by atoms with Gasteiger partial charge in [-0.2, -0.15) is 0 Å². The van der Waals surface area contributed by atoms with Gasteiger partial charge in [0.2, 0.25) is 5.91 Å². The first-order chi connectivity index (χ1) is 6.33. The normalized spacial score (nSPS) is 23.6. The summed E-state index contributed by atoms with van der Waals surface area (Å²) in [5.74, 6) is 0.864. The van der Waals surface area contributed by atoms with Crippen LogP contribution in [-0.4, -0.2) is 25.5 Å². The zero-order valence-electron chi connectivity index (χ0n) is 8.44. The minimum absolute atomic E-state index is 0.178. The summed E-state index contributed by atoms with van der Waals surface area (Å²) in [7, 11) is 0. The van der Waals surface area contributed by atoms with Crippen molar-refractivity contribution in [1.82, 2.24) is 10.6 Å². The van der Waals surface area contributed by atoms with E-state index in [1.807, 2.05) is 6.92 Å². The maximum atomic E-state index is 11.0. The highest BCUT2D eigenvalue weighted by atomic mass is 16.1. The highest BCUT2D eigenvalue weighted by molar-refractivity contribution is 5.75. The molecule has 1 aliphatic rings. The monoisotopic (exact) mass is 184 g/mol. The molecule has 1 heterocycles. The predicted octanol–water partition coefficient (Wildman–Crippen LogP) is 0.902. The van der Waals surface area contributed by atoms with Crippen LogP contribution >= 0.6 is 0 Å². The fourth-order valence-corrected chi connectivity index (χ4v) is 1.68. The number of rotatable bonds is 3. The average Bonchev–Trinajstić information content (AvgIpc) is 2.42. The van der Waals surface area contributed by atoms with E-state index in [9.17, 15) is 4.79 Å². The van der Waals surface area contributed by atoms with Gasteiger partial charge in [0.05, 0.1) is 0 Å². The maximum absolute atomic E-state index is 11.0. The largest absolute Gasteiger partial charge is 0.356 e. The van der Waals surface area contributed by atoms with Gasteiger partial charge >= 0.3 is 0 Å². The van der Waals surface area contributed by atoms with Gasteiger partial charge in [-0.25, -0.2) is 0 Å². The SMILES string of the molecule is CCC(=O)NCC1CCCNCC1. The maximum Gasteiger partial charge on any atom is 0.219 e. The number of carbonyl (C=O) groups is 1. The summed E-state index contributed by atoms with van der Waals surface area (Å²) < 4.78 is 0. The van der Waals surface area contributed by atoms with E-state index in [2.05, 4.69) is 10.6 Å². The minimum Gasteiger partial charge on any atom is -0.356 e. The Hall–Kier alpha value is -0.570. The molecule has 2 N–H and O–H groups in total. The van der Waals surface area contributed by atoms with Crippen LogP contribution in [0.2, 0.25) is 0 Å². The molecular weight excluding hydrogens is 164 g/mol. The van der Waals surface area contributed by atoms with Crippen LogP contribution in [0.4, 0.5) is 0 Å². The second-order valence-corrected chi connectivity index (χ2v) is 3.70. The average molecular weight is 184 g/mol. The van der Waals surface area contributed by atoms with Gasteiger partial charge in [-0.15, -0.1) is 0 Å². The molecule has 0 saturated carbocycles. The second kappa shape index (κ2) is 5.97. The van der Waals surface area contributed by atoms with Crippen LogP contribution in [-0.2, 0) is 4.79 Å². The molecule has 0 bridgehead atoms. The fourth-order valence-electron chi connectivity index (χ4n) is 1.68. The minimum atomic E-state index is 0.178. The Balaban J connectivity index is 2.15. The molecule has 1 saturated heterocycles. The highest BCUT2D eigenvalue weighted by Crippen LogP contribution is 2.11. The molecule has 1 fully saturated rings. The van der Waals surface area contributed by atoms with Crippen LogP contribution in [0.1, 0.15) is 32.6 Å². The van der Waals surface area contributed by atoms with Gasteiger partial charge in [0.15, 0.2) is 0 Å². The van der Waals surface area contributed by atoms with Crippen molar-refractivity contribution in [1.29, 1.82) is 0 Å². The van der Waals surface area contributed by atoms with Gasteiger partial charge in [0, 0.05) is 13.0 Å². The lowest BCUT2D eigenvalue weighted by molar-refractivity contribution is -0.120. The molecular formula is C10H20N2O. The first kappa shape index (κ1) is 10.5. The van der Waals surface area contributed by atoms with Crippen molar-refractivity contribution in [3.63, 3.8) is 0 Å². The van der Waals surface area contributed by atoms with Crippen LogP contribution in [0.15, 0.2) is 0 Å². The van der Waals surface area contributed by atoms with Crippen molar-refractivity contribution >= 4 is 5.91 Å². The second-order valence-electron chi connectivity index (χ2n) is 3.70. The third kappa shape index (κ3) is 4.27. The molecule has 0 spiro atoms. The molecule has 1 unspecified atom stereocenters. The van der Waals surface area contributed by atoms with E-state index in [4.69, 9.17) is 0 Å². The van der Waals surface area contributed by atoms with Gasteiger partial charge in [-0.05, 0) is 38.3 Å². The van der Waals surface area contributed by atoms with E-state index in [0.29, 0.717) is 12.3 Å². The first-order valence-corrected chi connectivity index (χ1v) is 5.30. The van der Waals surface area contributed by atoms with E-state index in [0.717, 1.165) is 19.6 Å². The fraction of sp³-hybridized carbons (Fsp3) is 0.900. The zero-order chi connectivity index (χ0) is 9.52. The summed E-state index contributed by atoms with van der Waals surface area (Å²) in [6.07, 6.45) is 4.29. The number of hydrogen-bond acceptors (Lipinski definition) is 2. The number of amides is 1. The van der Waals surface area contributed by atoms with Crippen molar-refractivity contribution < 1.29 is 4.79 Å². The van der Waals surface area contributed by atoms with Crippen LogP contribution in [0.5, 0.6) is 0 Å². The molecule has 0 aromatic rings. The van der Waals surface area contributed by atoms with Crippen molar-refractivity contribution in [3.8, 4) is 0 Å². The third-order valence-corrected chi connectivity index (χ3v) is 2.60. The molecule has 0 radical (unpaired) electrons. The van der Waals surface area contributed by atoms with E-state index in [1.165, 1.54) is 19.3 Å². The molecule has 1 aliphatic heterocycles. The number of nitrogens with one attached hydrogen (secondary N) is 2. The molecule has 3 heteroatoms. The van der Waals surface area contributed by atoms with Crippen LogP contribution in [0.3, 0.4) is 0 Å². The van der Waals surface area contributed by atoms with Gasteiger partial charge in [0.25, 0.3) is 0 Å². The summed E-state index contributed by atoms with van der Waals surface area (Å²) in [6.45, 7) is 5.00. The van der Waals surface area contributed by atoms with Crippen molar-refractivity contribution in [2.24, 2.45) is 5.92 Å². The Morgan fingerprint density at radius 2 is 2.31 bits per heavy atom. The van der Waals surface area contributed by atoms with Crippen LogP contribution in [0, 0.1) is 5.92 Å². The lowest BCUT2D eigenvalue weighted by atomic mass is 10.0. The number of hydrogen-bond donors (Lipinski definition) is 2. The summed E-state index contributed by atoms with van der Waals surface area (Å²) >= 11 is 0. The Bertz CT molecular complexity index is 151. The number of carbonyl (C=O) groups excluding carboxylic acids is 1.